The molecule has 0 spiro atoms. The minimum absolute atomic E-state index is 0.429. The average molecular weight is 289 g/mol. The minimum atomic E-state index is 0.429. The largest absolute Gasteiger partial charge is 0.491 e. The smallest absolute Gasteiger partial charge is 0.213 e. The van der Waals surface area contributed by atoms with Gasteiger partial charge in [0, 0.05) is 11.8 Å². The summed E-state index contributed by atoms with van der Waals surface area (Å²) >= 11 is 0. The Morgan fingerprint density at radius 2 is 1.43 bits per heavy atom. The first kappa shape index (κ1) is 14.9. The summed E-state index contributed by atoms with van der Waals surface area (Å²) in [6, 6.07) is 10.7. The summed E-state index contributed by atoms with van der Waals surface area (Å²) in [5.41, 5.74) is 12.4. The highest BCUT2D eigenvalue weighted by Crippen LogP contribution is 2.12. The fourth-order valence-electron chi connectivity index (χ4n) is 1.57. The molecule has 4 N–H and O–H groups in total. The van der Waals surface area contributed by atoms with Gasteiger partial charge in [-0.15, -0.1) is 0 Å². The zero-order valence-corrected chi connectivity index (χ0v) is 11.7. The standard InChI is InChI=1S/C15H19N3O3/c16-12-1-4-14(5-2-12)20-9-7-19-8-10-21-15-6-3-13(17)11-18-15/h1-6,11H,7-10,16-17H2. The molecule has 2 rings (SSSR count). The lowest BCUT2D eigenvalue weighted by Crippen LogP contribution is -2.12. The number of anilines is 2. The molecule has 0 aliphatic heterocycles. The summed E-state index contributed by atoms with van der Waals surface area (Å²) in [6.45, 7) is 1.86. The molecular weight excluding hydrogens is 270 g/mol. The van der Waals surface area contributed by atoms with Gasteiger partial charge in [-0.2, -0.15) is 0 Å². The van der Waals surface area contributed by atoms with Crippen molar-refractivity contribution in [3.8, 4) is 11.6 Å². The second-order valence-electron chi connectivity index (χ2n) is 4.31. The van der Waals surface area contributed by atoms with Crippen LogP contribution in [0, 0.1) is 0 Å². The molecule has 0 saturated heterocycles. The third-order valence-corrected chi connectivity index (χ3v) is 2.61. The van der Waals surface area contributed by atoms with Crippen molar-refractivity contribution in [1.29, 1.82) is 0 Å². The van der Waals surface area contributed by atoms with Gasteiger partial charge in [0.1, 0.15) is 19.0 Å². The van der Waals surface area contributed by atoms with Crippen LogP contribution in [0.25, 0.3) is 0 Å². The van der Waals surface area contributed by atoms with E-state index in [1.807, 2.05) is 12.1 Å². The predicted octanol–water partition coefficient (Wildman–Crippen LogP) is 1.72. The highest BCUT2D eigenvalue weighted by molar-refractivity contribution is 5.41. The number of aromatic nitrogens is 1. The number of hydrogen-bond donors (Lipinski definition) is 2. The zero-order chi connectivity index (χ0) is 14.9. The Morgan fingerprint density at radius 3 is 2.10 bits per heavy atom. The fourth-order valence-corrected chi connectivity index (χ4v) is 1.57. The second kappa shape index (κ2) is 7.96. The van der Waals surface area contributed by atoms with E-state index >= 15 is 0 Å². The first-order chi connectivity index (χ1) is 10.2. The van der Waals surface area contributed by atoms with Crippen LogP contribution in [-0.2, 0) is 4.74 Å². The molecule has 0 unspecified atom stereocenters. The molecule has 112 valence electrons. The van der Waals surface area contributed by atoms with Gasteiger partial charge in [0.25, 0.3) is 0 Å². The number of benzene rings is 1. The molecule has 6 nitrogen and oxygen atoms in total. The van der Waals surface area contributed by atoms with Crippen molar-refractivity contribution in [2.45, 2.75) is 0 Å². The maximum Gasteiger partial charge on any atom is 0.213 e. The molecule has 0 fully saturated rings. The van der Waals surface area contributed by atoms with Crippen molar-refractivity contribution >= 4 is 11.4 Å². The van der Waals surface area contributed by atoms with Crippen molar-refractivity contribution in [3.63, 3.8) is 0 Å². The summed E-state index contributed by atoms with van der Waals surface area (Å²) in [5.74, 6) is 1.31. The number of rotatable bonds is 8. The van der Waals surface area contributed by atoms with Gasteiger partial charge >= 0.3 is 0 Å². The Hall–Kier alpha value is -2.47. The molecular formula is C15H19N3O3. The first-order valence-corrected chi connectivity index (χ1v) is 6.64. The monoisotopic (exact) mass is 289 g/mol. The average Bonchev–Trinajstić information content (AvgIpc) is 2.50. The second-order valence-corrected chi connectivity index (χ2v) is 4.31. The van der Waals surface area contributed by atoms with E-state index in [0.717, 1.165) is 5.75 Å². The lowest BCUT2D eigenvalue weighted by atomic mass is 10.3. The van der Waals surface area contributed by atoms with E-state index in [9.17, 15) is 0 Å². The van der Waals surface area contributed by atoms with Crippen LogP contribution in [0.15, 0.2) is 42.6 Å². The van der Waals surface area contributed by atoms with Crippen LogP contribution in [0.4, 0.5) is 11.4 Å². The van der Waals surface area contributed by atoms with Crippen molar-refractivity contribution in [1.82, 2.24) is 4.98 Å². The highest BCUT2D eigenvalue weighted by atomic mass is 16.5. The molecule has 0 aliphatic rings. The SMILES string of the molecule is Nc1ccc(OCCOCCOc2ccc(N)cn2)cc1. The van der Waals surface area contributed by atoms with Gasteiger partial charge in [-0.3, -0.25) is 0 Å². The Morgan fingerprint density at radius 1 is 0.762 bits per heavy atom. The lowest BCUT2D eigenvalue weighted by Gasteiger charge is -2.08. The minimum Gasteiger partial charge on any atom is -0.491 e. The Kier molecular flexibility index (Phi) is 5.66. The summed E-state index contributed by atoms with van der Waals surface area (Å²) in [4.78, 5) is 4.02. The van der Waals surface area contributed by atoms with E-state index in [-0.39, 0.29) is 0 Å². The molecule has 2 aromatic rings. The number of nitrogens with zero attached hydrogens (tertiary/aromatic N) is 1. The maximum atomic E-state index is 5.59. The molecule has 0 atom stereocenters. The van der Waals surface area contributed by atoms with Crippen molar-refractivity contribution in [2.75, 3.05) is 37.9 Å². The van der Waals surface area contributed by atoms with Gasteiger partial charge in [-0.25, -0.2) is 4.98 Å². The number of nitrogen functional groups attached to an aromatic ring is 2. The fraction of sp³-hybridized carbons (Fsp3) is 0.267. The van der Waals surface area contributed by atoms with E-state index in [2.05, 4.69) is 4.98 Å². The highest BCUT2D eigenvalue weighted by Gasteiger charge is 1.96. The molecule has 0 amide bonds. The number of nitrogens with two attached hydrogens (primary N) is 2. The molecule has 0 aliphatic carbocycles. The molecule has 0 bridgehead atoms. The van der Waals surface area contributed by atoms with E-state index < -0.39 is 0 Å². The van der Waals surface area contributed by atoms with Gasteiger partial charge in [0.2, 0.25) is 5.88 Å². The molecule has 0 saturated carbocycles. The van der Waals surface area contributed by atoms with Gasteiger partial charge in [-0.05, 0) is 30.3 Å². The third-order valence-electron chi connectivity index (χ3n) is 2.61. The van der Waals surface area contributed by atoms with E-state index in [0.29, 0.717) is 43.7 Å². The van der Waals surface area contributed by atoms with Crippen molar-refractivity contribution < 1.29 is 14.2 Å². The Labute approximate surface area is 123 Å². The van der Waals surface area contributed by atoms with Crippen LogP contribution in [0.5, 0.6) is 11.6 Å². The van der Waals surface area contributed by atoms with Gasteiger partial charge < -0.3 is 25.7 Å². The van der Waals surface area contributed by atoms with Crippen LogP contribution in [0.2, 0.25) is 0 Å². The van der Waals surface area contributed by atoms with Gasteiger partial charge in [-0.1, -0.05) is 0 Å². The normalized spacial score (nSPS) is 10.3. The quantitative estimate of drug-likeness (QED) is 0.568. The number of hydrogen-bond acceptors (Lipinski definition) is 6. The first-order valence-electron chi connectivity index (χ1n) is 6.64. The van der Waals surface area contributed by atoms with Crippen molar-refractivity contribution in [2.24, 2.45) is 0 Å². The third kappa shape index (κ3) is 5.58. The van der Waals surface area contributed by atoms with E-state index in [1.54, 1.807) is 30.5 Å². The molecule has 21 heavy (non-hydrogen) atoms. The summed E-state index contributed by atoms with van der Waals surface area (Å²) < 4.78 is 16.3. The number of pyridine rings is 1. The topological polar surface area (TPSA) is 92.6 Å². The van der Waals surface area contributed by atoms with E-state index in [1.165, 1.54) is 0 Å². The predicted molar refractivity (Wildman–Crippen MR) is 81.3 cm³/mol. The Bertz CT molecular complexity index is 479. The Balaban J connectivity index is 1.52. The molecule has 6 heteroatoms. The van der Waals surface area contributed by atoms with E-state index in [4.69, 9.17) is 25.7 Å². The van der Waals surface area contributed by atoms with Gasteiger partial charge in [0.05, 0.1) is 25.1 Å². The summed E-state index contributed by atoms with van der Waals surface area (Å²) in [5, 5.41) is 0. The molecule has 0 radical (unpaired) electrons. The molecule has 1 aromatic carbocycles. The summed E-state index contributed by atoms with van der Waals surface area (Å²) in [6.07, 6.45) is 1.55. The van der Waals surface area contributed by atoms with Gasteiger partial charge in [0.15, 0.2) is 0 Å². The van der Waals surface area contributed by atoms with Crippen LogP contribution in [0.1, 0.15) is 0 Å². The molecule has 1 aromatic heterocycles. The summed E-state index contributed by atoms with van der Waals surface area (Å²) in [7, 11) is 0. The zero-order valence-electron chi connectivity index (χ0n) is 11.7. The van der Waals surface area contributed by atoms with Crippen LogP contribution >= 0.6 is 0 Å². The lowest BCUT2D eigenvalue weighted by molar-refractivity contribution is 0.0753. The van der Waals surface area contributed by atoms with Crippen LogP contribution in [-0.4, -0.2) is 31.4 Å². The maximum absolute atomic E-state index is 5.59. The number of ether oxygens (including phenoxy) is 3. The van der Waals surface area contributed by atoms with Crippen LogP contribution < -0.4 is 20.9 Å². The van der Waals surface area contributed by atoms with Crippen molar-refractivity contribution in [3.05, 3.63) is 42.6 Å². The molecule has 1 heterocycles. The van der Waals surface area contributed by atoms with Crippen LogP contribution in [0.3, 0.4) is 0 Å².